The van der Waals surface area contributed by atoms with Crippen molar-refractivity contribution in [2.45, 2.75) is 11.0 Å². The number of nitrogens with zero attached hydrogens (tertiary/aromatic N) is 1. The van der Waals surface area contributed by atoms with Crippen molar-refractivity contribution in [3.63, 3.8) is 0 Å². The number of aromatic nitrogens is 1. The number of rotatable bonds is 5. The van der Waals surface area contributed by atoms with Gasteiger partial charge in [0.05, 0.1) is 18.7 Å². The third kappa shape index (κ3) is 2.94. The second kappa shape index (κ2) is 6.62. The molecule has 0 unspecified atom stereocenters. The van der Waals surface area contributed by atoms with Gasteiger partial charge in [0.15, 0.2) is 17.1 Å². The Morgan fingerprint density at radius 2 is 1.95 bits per heavy atom. The van der Waals surface area contributed by atoms with Crippen LogP contribution >= 0.6 is 27.7 Å². The molecular weight excluding hydrogens is 366 g/mol. The average Bonchev–Trinajstić information content (AvgIpc) is 2.96. The molecular formula is C16H14BrNO3S. The van der Waals surface area contributed by atoms with Crippen molar-refractivity contribution >= 4 is 38.8 Å². The Kier molecular flexibility index (Phi) is 4.59. The minimum Gasteiger partial charge on any atom is -0.493 e. The molecule has 0 atom stereocenters. The average molecular weight is 380 g/mol. The number of fused-ring (bicyclic) bond motifs is 1. The predicted molar refractivity (Wildman–Crippen MR) is 90.8 cm³/mol. The standard InChI is InChI=1S/C16H14BrNO3S/c1-19-13-8-7-10(14(17)15(13)20-2)9-22-16-18-11-5-3-4-6-12(11)21-16/h3-8H,9H2,1-2H3. The van der Waals surface area contributed by atoms with Crippen LogP contribution in [0.4, 0.5) is 0 Å². The van der Waals surface area contributed by atoms with Gasteiger partial charge in [-0.2, -0.15) is 0 Å². The van der Waals surface area contributed by atoms with E-state index in [1.165, 1.54) is 0 Å². The van der Waals surface area contributed by atoms with Gasteiger partial charge in [0.2, 0.25) is 0 Å². The number of oxazole rings is 1. The Bertz CT molecular complexity index is 770. The van der Waals surface area contributed by atoms with Gasteiger partial charge in [-0.3, -0.25) is 0 Å². The van der Waals surface area contributed by atoms with Crippen molar-refractivity contribution in [1.29, 1.82) is 0 Å². The summed E-state index contributed by atoms with van der Waals surface area (Å²) in [4.78, 5) is 4.46. The molecule has 0 fully saturated rings. The molecule has 0 saturated heterocycles. The van der Waals surface area contributed by atoms with Gasteiger partial charge in [0.1, 0.15) is 5.52 Å². The van der Waals surface area contributed by atoms with Gasteiger partial charge in [0.25, 0.3) is 5.22 Å². The fourth-order valence-electron chi connectivity index (χ4n) is 2.09. The summed E-state index contributed by atoms with van der Waals surface area (Å²) >= 11 is 5.11. The Morgan fingerprint density at radius 1 is 1.14 bits per heavy atom. The molecule has 0 amide bonds. The summed E-state index contributed by atoms with van der Waals surface area (Å²) in [6.07, 6.45) is 0. The van der Waals surface area contributed by atoms with Crippen molar-refractivity contribution in [1.82, 2.24) is 4.98 Å². The molecule has 0 N–H and O–H groups in total. The van der Waals surface area contributed by atoms with E-state index in [2.05, 4.69) is 20.9 Å². The van der Waals surface area contributed by atoms with E-state index < -0.39 is 0 Å². The zero-order chi connectivity index (χ0) is 15.5. The molecule has 2 aromatic carbocycles. The predicted octanol–water partition coefficient (Wildman–Crippen LogP) is 4.90. The minimum absolute atomic E-state index is 0.655. The van der Waals surface area contributed by atoms with Gasteiger partial charge >= 0.3 is 0 Å². The van der Waals surface area contributed by atoms with Crippen molar-refractivity contribution in [3.8, 4) is 11.5 Å². The number of thioether (sulfide) groups is 1. The van der Waals surface area contributed by atoms with Crippen molar-refractivity contribution in [2.24, 2.45) is 0 Å². The Morgan fingerprint density at radius 3 is 2.68 bits per heavy atom. The second-order valence-corrected chi connectivity index (χ2v) is 6.23. The molecule has 0 saturated carbocycles. The summed E-state index contributed by atoms with van der Waals surface area (Å²) < 4.78 is 17.3. The molecule has 0 radical (unpaired) electrons. The summed E-state index contributed by atoms with van der Waals surface area (Å²) in [6.45, 7) is 0. The van der Waals surface area contributed by atoms with E-state index in [0.717, 1.165) is 21.1 Å². The number of ether oxygens (including phenoxy) is 2. The highest BCUT2D eigenvalue weighted by atomic mass is 79.9. The molecule has 0 aliphatic rings. The quantitative estimate of drug-likeness (QED) is 0.589. The number of hydrogen-bond acceptors (Lipinski definition) is 5. The van der Waals surface area contributed by atoms with E-state index in [0.29, 0.717) is 22.5 Å². The fraction of sp³-hybridized carbons (Fsp3) is 0.188. The lowest BCUT2D eigenvalue weighted by atomic mass is 10.2. The van der Waals surface area contributed by atoms with Crippen molar-refractivity contribution in [2.75, 3.05) is 14.2 Å². The number of methoxy groups -OCH3 is 2. The number of hydrogen-bond donors (Lipinski definition) is 0. The van der Waals surface area contributed by atoms with Gasteiger partial charge in [-0.15, -0.1) is 0 Å². The summed E-state index contributed by atoms with van der Waals surface area (Å²) in [5.74, 6) is 2.11. The molecule has 6 heteroatoms. The lowest BCUT2D eigenvalue weighted by Gasteiger charge is -2.12. The first kappa shape index (κ1) is 15.2. The van der Waals surface area contributed by atoms with E-state index >= 15 is 0 Å². The fourth-order valence-corrected chi connectivity index (χ4v) is 3.74. The topological polar surface area (TPSA) is 44.5 Å². The van der Waals surface area contributed by atoms with Gasteiger partial charge in [0, 0.05) is 5.75 Å². The number of para-hydroxylation sites is 2. The van der Waals surface area contributed by atoms with Crippen LogP contribution in [0.25, 0.3) is 11.1 Å². The van der Waals surface area contributed by atoms with Crippen molar-refractivity contribution < 1.29 is 13.9 Å². The van der Waals surface area contributed by atoms with E-state index in [1.54, 1.807) is 26.0 Å². The van der Waals surface area contributed by atoms with Crippen LogP contribution in [0.1, 0.15) is 5.56 Å². The van der Waals surface area contributed by atoms with Crippen LogP contribution in [0, 0.1) is 0 Å². The monoisotopic (exact) mass is 379 g/mol. The molecule has 4 nitrogen and oxygen atoms in total. The van der Waals surface area contributed by atoms with Gasteiger partial charge in [-0.05, 0) is 39.7 Å². The van der Waals surface area contributed by atoms with Crippen LogP contribution in [-0.4, -0.2) is 19.2 Å². The Balaban J connectivity index is 1.81. The molecule has 0 bridgehead atoms. The van der Waals surface area contributed by atoms with E-state index in [-0.39, 0.29) is 0 Å². The number of benzene rings is 2. The van der Waals surface area contributed by atoms with E-state index in [1.807, 2.05) is 36.4 Å². The first-order valence-electron chi connectivity index (χ1n) is 6.60. The van der Waals surface area contributed by atoms with Crippen LogP contribution in [0.5, 0.6) is 11.5 Å². The molecule has 3 aromatic rings. The maximum Gasteiger partial charge on any atom is 0.257 e. The third-order valence-electron chi connectivity index (χ3n) is 3.19. The summed E-state index contributed by atoms with van der Waals surface area (Å²) in [5, 5.41) is 0.655. The summed E-state index contributed by atoms with van der Waals surface area (Å²) in [5.41, 5.74) is 2.76. The lowest BCUT2D eigenvalue weighted by Crippen LogP contribution is -1.94. The molecule has 0 aliphatic carbocycles. The molecule has 114 valence electrons. The maximum absolute atomic E-state index is 5.71. The summed E-state index contributed by atoms with van der Waals surface area (Å²) in [6, 6.07) is 11.6. The normalized spacial score (nSPS) is 10.9. The Labute approximate surface area is 140 Å². The maximum atomic E-state index is 5.71. The Hall–Kier alpha value is -1.66. The molecule has 0 spiro atoms. The molecule has 1 aromatic heterocycles. The summed E-state index contributed by atoms with van der Waals surface area (Å²) in [7, 11) is 3.25. The number of halogens is 1. The van der Waals surface area contributed by atoms with Crippen LogP contribution in [-0.2, 0) is 5.75 Å². The first-order chi connectivity index (χ1) is 10.7. The lowest BCUT2D eigenvalue weighted by molar-refractivity contribution is 0.353. The van der Waals surface area contributed by atoms with Crippen LogP contribution in [0.15, 0.2) is 50.5 Å². The van der Waals surface area contributed by atoms with E-state index in [4.69, 9.17) is 13.9 Å². The molecule has 3 rings (SSSR count). The highest BCUT2D eigenvalue weighted by Gasteiger charge is 2.14. The van der Waals surface area contributed by atoms with Gasteiger partial charge in [-0.1, -0.05) is 30.0 Å². The molecule has 1 heterocycles. The van der Waals surface area contributed by atoms with Crippen LogP contribution < -0.4 is 9.47 Å². The highest BCUT2D eigenvalue weighted by molar-refractivity contribution is 9.10. The largest absolute Gasteiger partial charge is 0.493 e. The van der Waals surface area contributed by atoms with Crippen molar-refractivity contribution in [3.05, 3.63) is 46.4 Å². The highest BCUT2D eigenvalue weighted by Crippen LogP contribution is 2.39. The smallest absolute Gasteiger partial charge is 0.257 e. The zero-order valence-corrected chi connectivity index (χ0v) is 14.5. The molecule has 0 aliphatic heterocycles. The zero-order valence-electron chi connectivity index (χ0n) is 12.1. The third-order valence-corrected chi connectivity index (χ3v) is 4.94. The second-order valence-electron chi connectivity index (χ2n) is 4.51. The van der Waals surface area contributed by atoms with Crippen LogP contribution in [0.3, 0.4) is 0 Å². The minimum atomic E-state index is 0.655. The van der Waals surface area contributed by atoms with Crippen LogP contribution in [0.2, 0.25) is 0 Å². The van der Waals surface area contributed by atoms with Gasteiger partial charge in [-0.25, -0.2) is 4.98 Å². The van der Waals surface area contributed by atoms with Gasteiger partial charge < -0.3 is 13.9 Å². The molecule has 22 heavy (non-hydrogen) atoms. The first-order valence-corrected chi connectivity index (χ1v) is 8.38. The SMILES string of the molecule is COc1ccc(CSc2nc3ccccc3o2)c(Br)c1OC. The van der Waals surface area contributed by atoms with E-state index in [9.17, 15) is 0 Å².